The second-order valence-electron chi connectivity index (χ2n) is 9.90. The van der Waals surface area contributed by atoms with Gasteiger partial charge in [0.25, 0.3) is 5.91 Å². The van der Waals surface area contributed by atoms with E-state index in [1.165, 1.54) is 55.6 Å². The van der Waals surface area contributed by atoms with Crippen molar-refractivity contribution in [3.05, 3.63) is 47.0 Å². The molecule has 1 unspecified atom stereocenters. The summed E-state index contributed by atoms with van der Waals surface area (Å²) in [6.45, 7) is 0. The summed E-state index contributed by atoms with van der Waals surface area (Å²) < 4.78 is 0. The number of rotatable bonds is 8. The van der Waals surface area contributed by atoms with Gasteiger partial charge in [0.15, 0.2) is 5.13 Å². The lowest BCUT2D eigenvalue weighted by Gasteiger charge is -2.56. The van der Waals surface area contributed by atoms with Crippen LogP contribution in [0, 0.1) is 17.8 Å². The number of carbonyl (C=O) groups excluding carboxylic acids is 2. The monoisotopic (exact) mass is 469 g/mol. The van der Waals surface area contributed by atoms with Crippen molar-refractivity contribution in [2.45, 2.75) is 56.4 Å². The highest BCUT2D eigenvalue weighted by molar-refractivity contribution is 7.98. The first-order chi connectivity index (χ1) is 15.5. The lowest BCUT2D eigenvalue weighted by Crippen LogP contribution is -2.48. The number of carbonyl (C=O) groups is 2. The van der Waals surface area contributed by atoms with Crippen molar-refractivity contribution >= 4 is 40.0 Å². The molecule has 2 N–H and O–H groups in total. The molecular weight excluding hydrogens is 438 g/mol. The van der Waals surface area contributed by atoms with Crippen LogP contribution in [-0.2, 0) is 10.2 Å². The van der Waals surface area contributed by atoms with E-state index in [4.69, 9.17) is 4.98 Å². The molecule has 4 aliphatic rings. The van der Waals surface area contributed by atoms with Crippen LogP contribution in [0.15, 0.2) is 35.7 Å². The molecule has 4 saturated carbocycles. The van der Waals surface area contributed by atoms with Gasteiger partial charge in [-0.3, -0.25) is 9.59 Å². The first-order valence-corrected chi connectivity index (χ1v) is 13.9. The Balaban J connectivity index is 1.27. The molecule has 1 heterocycles. The molecule has 32 heavy (non-hydrogen) atoms. The van der Waals surface area contributed by atoms with Gasteiger partial charge in [0, 0.05) is 16.4 Å². The lowest BCUT2D eigenvalue weighted by molar-refractivity contribution is -0.118. The molecule has 0 radical (unpaired) electrons. The fraction of sp³-hybridized carbons (Fsp3) is 0.560. The largest absolute Gasteiger partial charge is 0.340 e. The highest BCUT2D eigenvalue weighted by atomic mass is 32.2. The van der Waals surface area contributed by atoms with Gasteiger partial charge in [-0.2, -0.15) is 11.8 Å². The molecule has 0 spiro atoms. The van der Waals surface area contributed by atoms with Crippen LogP contribution in [0.1, 0.15) is 61.0 Å². The zero-order valence-corrected chi connectivity index (χ0v) is 20.1. The second-order valence-corrected chi connectivity index (χ2v) is 11.7. The first-order valence-electron chi connectivity index (χ1n) is 11.7. The minimum Gasteiger partial charge on any atom is -0.340 e. The maximum atomic E-state index is 13.1. The number of benzene rings is 1. The van der Waals surface area contributed by atoms with Crippen LogP contribution >= 0.6 is 23.1 Å². The average Bonchev–Trinajstić information content (AvgIpc) is 3.25. The fourth-order valence-corrected chi connectivity index (χ4v) is 7.84. The summed E-state index contributed by atoms with van der Waals surface area (Å²) in [5.74, 6) is 2.99. The van der Waals surface area contributed by atoms with Crippen molar-refractivity contribution < 1.29 is 9.59 Å². The highest BCUT2D eigenvalue weighted by Gasteiger charge is 2.52. The van der Waals surface area contributed by atoms with Crippen molar-refractivity contribution in [3.63, 3.8) is 0 Å². The summed E-state index contributed by atoms with van der Waals surface area (Å²) in [5.41, 5.74) is 1.98. The first kappa shape index (κ1) is 22.0. The Morgan fingerprint density at radius 1 is 1.12 bits per heavy atom. The van der Waals surface area contributed by atoms with Gasteiger partial charge in [-0.15, -0.1) is 11.3 Å². The standard InChI is InChI=1S/C25H31N3O2S2/c1-31-8-7-20(26-22(29)19-5-3-2-4-6-19)23(30)28-24-27-21(15-32-24)25-12-16-9-17(13-25)11-18(10-16)14-25/h2-6,15-18,20H,7-14H2,1H3,(H,26,29)(H,27,28,30). The van der Waals surface area contributed by atoms with Crippen molar-refractivity contribution in [1.29, 1.82) is 0 Å². The smallest absolute Gasteiger partial charge is 0.251 e. The van der Waals surface area contributed by atoms with Crippen LogP contribution in [0.3, 0.4) is 0 Å². The van der Waals surface area contributed by atoms with Crippen molar-refractivity contribution in [3.8, 4) is 0 Å². The third-order valence-corrected chi connectivity index (χ3v) is 8.99. The van der Waals surface area contributed by atoms with Gasteiger partial charge >= 0.3 is 0 Å². The zero-order chi connectivity index (χ0) is 22.1. The predicted octanol–water partition coefficient (Wildman–Crippen LogP) is 5.10. The van der Waals surface area contributed by atoms with E-state index in [1.807, 2.05) is 24.5 Å². The van der Waals surface area contributed by atoms with Gasteiger partial charge in [-0.05, 0) is 86.8 Å². The summed E-state index contributed by atoms with van der Waals surface area (Å²) in [7, 11) is 0. The van der Waals surface area contributed by atoms with Crippen LogP contribution in [0.25, 0.3) is 0 Å². The van der Waals surface area contributed by atoms with Gasteiger partial charge < -0.3 is 10.6 Å². The Morgan fingerprint density at radius 2 is 1.78 bits per heavy atom. The Kier molecular flexibility index (Phi) is 6.30. The molecule has 1 atom stereocenters. The van der Waals surface area contributed by atoms with Crippen LogP contribution in [0.4, 0.5) is 5.13 Å². The third kappa shape index (κ3) is 4.46. The summed E-state index contributed by atoms with van der Waals surface area (Å²) in [4.78, 5) is 30.6. The van der Waals surface area contributed by atoms with E-state index in [1.54, 1.807) is 23.9 Å². The van der Waals surface area contributed by atoms with E-state index in [2.05, 4.69) is 16.0 Å². The zero-order valence-electron chi connectivity index (χ0n) is 18.5. The van der Waals surface area contributed by atoms with E-state index < -0.39 is 6.04 Å². The van der Waals surface area contributed by atoms with Gasteiger partial charge in [-0.1, -0.05) is 18.2 Å². The van der Waals surface area contributed by atoms with Gasteiger partial charge in [0.1, 0.15) is 6.04 Å². The normalized spacial score (nSPS) is 29.0. The maximum Gasteiger partial charge on any atom is 0.251 e. The Morgan fingerprint density at radius 3 is 2.41 bits per heavy atom. The van der Waals surface area contributed by atoms with E-state index in [-0.39, 0.29) is 17.2 Å². The minimum atomic E-state index is -0.581. The molecule has 7 heteroatoms. The van der Waals surface area contributed by atoms with Crippen LogP contribution < -0.4 is 10.6 Å². The molecule has 1 aromatic carbocycles. The molecule has 170 valence electrons. The number of hydrogen-bond acceptors (Lipinski definition) is 5. The molecule has 1 aromatic heterocycles. The van der Waals surface area contributed by atoms with E-state index >= 15 is 0 Å². The van der Waals surface area contributed by atoms with Crippen molar-refractivity contribution in [2.75, 3.05) is 17.3 Å². The number of aromatic nitrogens is 1. The number of amides is 2. The third-order valence-electron chi connectivity index (χ3n) is 7.58. The number of nitrogens with one attached hydrogen (secondary N) is 2. The Bertz CT molecular complexity index is 939. The minimum absolute atomic E-state index is 0.185. The molecule has 0 aliphatic heterocycles. The molecule has 4 aliphatic carbocycles. The Hall–Kier alpha value is -1.86. The van der Waals surface area contributed by atoms with Gasteiger partial charge in [0.2, 0.25) is 5.91 Å². The van der Waals surface area contributed by atoms with Crippen molar-refractivity contribution in [2.24, 2.45) is 17.8 Å². The quantitative estimate of drug-likeness (QED) is 0.564. The molecule has 2 amide bonds. The number of anilines is 1. The van der Waals surface area contributed by atoms with Crippen molar-refractivity contribution in [1.82, 2.24) is 10.3 Å². The topological polar surface area (TPSA) is 71.1 Å². The summed E-state index contributed by atoms with van der Waals surface area (Å²) in [5, 5.41) is 8.75. The summed E-state index contributed by atoms with van der Waals surface area (Å²) in [6, 6.07) is 8.47. The van der Waals surface area contributed by atoms with Crippen LogP contribution in [0.5, 0.6) is 0 Å². The molecule has 4 bridgehead atoms. The number of thiazole rings is 1. The number of hydrogen-bond donors (Lipinski definition) is 2. The SMILES string of the molecule is CSCCC(NC(=O)c1ccccc1)C(=O)Nc1nc(C23CC4CC(CC(C4)C2)C3)cs1. The average molecular weight is 470 g/mol. The summed E-state index contributed by atoms with van der Waals surface area (Å²) in [6.07, 6.45) is 10.6. The predicted molar refractivity (Wildman–Crippen MR) is 131 cm³/mol. The highest BCUT2D eigenvalue weighted by Crippen LogP contribution is 2.60. The van der Waals surface area contributed by atoms with Crippen LogP contribution in [-0.4, -0.2) is 34.8 Å². The molecular formula is C25H31N3O2S2. The van der Waals surface area contributed by atoms with Gasteiger partial charge in [0.05, 0.1) is 5.69 Å². The molecule has 5 nitrogen and oxygen atoms in total. The molecule has 4 fully saturated rings. The number of nitrogens with zero attached hydrogens (tertiary/aromatic N) is 1. The second kappa shape index (κ2) is 9.18. The van der Waals surface area contributed by atoms with E-state index in [0.717, 1.165) is 23.5 Å². The number of thioether (sulfide) groups is 1. The fourth-order valence-electron chi connectivity index (χ4n) is 6.53. The summed E-state index contributed by atoms with van der Waals surface area (Å²) >= 11 is 3.19. The molecule has 2 aromatic rings. The maximum absolute atomic E-state index is 13.1. The van der Waals surface area contributed by atoms with E-state index in [0.29, 0.717) is 17.1 Å². The lowest BCUT2D eigenvalue weighted by atomic mass is 9.49. The molecule has 0 saturated heterocycles. The molecule has 6 rings (SSSR count). The van der Waals surface area contributed by atoms with Crippen LogP contribution in [0.2, 0.25) is 0 Å². The Labute approximate surface area is 198 Å². The van der Waals surface area contributed by atoms with Gasteiger partial charge in [-0.25, -0.2) is 4.98 Å². The van der Waals surface area contributed by atoms with E-state index in [9.17, 15) is 9.59 Å².